The van der Waals surface area contributed by atoms with Gasteiger partial charge in [-0.1, -0.05) is 48.5 Å². The lowest BCUT2D eigenvalue weighted by atomic mass is 9.95. The van der Waals surface area contributed by atoms with E-state index < -0.39 is 9.84 Å². The summed E-state index contributed by atoms with van der Waals surface area (Å²) in [7, 11) is -3.21. The fourth-order valence-electron chi connectivity index (χ4n) is 2.70. The number of benzene rings is 3. The Morgan fingerprint density at radius 2 is 1.58 bits per heavy atom. The van der Waals surface area contributed by atoms with Gasteiger partial charge in [0.1, 0.15) is 5.82 Å². The lowest BCUT2D eigenvalue weighted by molar-refractivity contribution is 0.602. The summed E-state index contributed by atoms with van der Waals surface area (Å²) < 4.78 is 36.6. The average Bonchev–Trinajstić information content (AvgIpc) is 2.55. The third kappa shape index (κ3) is 3.71. The Hall–Kier alpha value is -2.46. The molecule has 3 aromatic rings. The van der Waals surface area contributed by atoms with Crippen LogP contribution in [0.2, 0.25) is 0 Å². The summed E-state index contributed by atoms with van der Waals surface area (Å²) in [5.41, 5.74) is 3.92. The number of halogens is 1. The van der Waals surface area contributed by atoms with Crippen molar-refractivity contribution in [1.29, 1.82) is 0 Å². The minimum Gasteiger partial charge on any atom is -0.224 e. The molecule has 0 aromatic heterocycles. The van der Waals surface area contributed by atoms with Gasteiger partial charge in [0.25, 0.3) is 0 Å². The maximum absolute atomic E-state index is 13.4. The van der Waals surface area contributed by atoms with E-state index in [2.05, 4.69) is 0 Å². The van der Waals surface area contributed by atoms with Crippen LogP contribution in [0.25, 0.3) is 11.1 Å². The molecule has 0 aliphatic rings. The monoisotopic (exact) mass is 340 g/mol. The van der Waals surface area contributed by atoms with E-state index in [0.717, 1.165) is 22.3 Å². The van der Waals surface area contributed by atoms with Crippen molar-refractivity contribution in [2.45, 2.75) is 11.3 Å². The van der Waals surface area contributed by atoms with Gasteiger partial charge in [-0.05, 0) is 52.9 Å². The highest BCUT2D eigenvalue weighted by Crippen LogP contribution is 2.27. The van der Waals surface area contributed by atoms with Gasteiger partial charge in [-0.3, -0.25) is 0 Å². The normalized spacial score (nSPS) is 11.4. The van der Waals surface area contributed by atoms with Crippen molar-refractivity contribution >= 4 is 9.84 Å². The molecule has 122 valence electrons. The van der Waals surface area contributed by atoms with E-state index in [1.807, 2.05) is 30.3 Å². The van der Waals surface area contributed by atoms with Gasteiger partial charge in [0.05, 0.1) is 4.90 Å². The van der Waals surface area contributed by atoms with Crippen LogP contribution < -0.4 is 0 Å². The molecule has 0 heterocycles. The Bertz CT molecular complexity index is 961. The predicted molar refractivity (Wildman–Crippen MR) is 94.2 cm³/mol. The zero-order chi connectivity index (χ0) is 17.2. The lowest BCUT2D eigenvalue weighted by Crippen LogP contribution is -1.97. The number of hydrogen-bond acceptors (Lipinski definition) is 2. The first kappa shape index (κ1) is 16.4. The van der Waals surface area contributed by atoms with Crippen LogP contribution in [-0.2, 0) is 16.3 Å². The molecule has 0 unspecified atom stereocenters. The Labute approximate surface area is 141 Å². The van der Waals surface area contributed by atoms with Crippen LogP contribution in [0.3, 0.4) is 0 Å². The van der Waals surface area contributed by atoms with Crippen molar-refractivity contribution < 1.29 is 12.8 Å². The molecule has 0 bridgehead atoms. The first-order valence-electron chi connectivity index (χ1n) is 7.56. The van der Waals surface area contributed by atoms with Gasteiger partial charge in [-0.2, -0.15) is 0 Å². The van der Waals surface area contributed by atoms with E-state index in [-0.39, 0.29) is 5.82 Å². The van der Waals surface area contributed by atoms with E-state index in [4.69, 9.17) is 0 Å². The van der Waals surface area contributed by atoms with E-state index in [1.54, 1.807) is 30.3 Å². The summed E-state index contributed by atoms with van der Waals surface area (Å²) >= 11 is 0. The van der Waals surface area contributed by atoms with Crippen LogP contribution >= 0.6 is 0 Å². The highest BCUT2D eigenvalue weighted by atomic mass is 32.2. The second-order valence-electron chi connectivity index (χ2n) is 5.76. The SMILES string of the molecule is CS(=O)(=O)c1ccc(-c2ccccc2Cc2cccc(F)c2)cc1. The molecular formula is C20H17FO2S. The molecule has 3 aromatic carbocycles. The molecule has 24 heavy (non-hydrogen) atoms. The molecule has 0 amide bonds. The minimum absolute atomic E-state index is 0.248. The van der Waals surface area contributed by atoms with Crippen LogP contribution in [0.15, 0.2) is 77.7 Å². The van der Waals surface area contributed by atoms with Crippen molar-refractivity contribution in [1.82, 2.24) is 0 Å². The second kappa shape index (κ2) is 6.57. The Morgan fingerprint density at radius 3 is 2.25 bits per heavy atom. The van der Waals surface area contributed by atoms with Crippen molar-refractivity contribution in [3.05, 3.63) is 89.7 Å². The third-order valence-corrected chi connectivity index (χ3v) is 5.02. The maximum atomic E-state index is 13.4. The Balaban J connectivity index is 1.97. The Morgan fingerprint density at radius 1 is 0.875 bits per heavy atom. The second-order valence-corrected chi connectivity index (χ2v) is 7.78. The molecule has 0 radical (unpaired) electrons. The maximum Gasteiger partial charge on any atom is 0.175 e. The minimum atomic E-state index is -3.21. The van der Waals surface area contributed by atoms with Gasteiger partial charge in [0.15, 0.2) is 9.84 Å². The van der Waals surface area contributed by atoms with Crippen LogP contribution in [0.4, 0.5) is 4.39 Å². The van der Waals surface area contributed by atoms with Crippen LogP contribution in [0.5, 0.6) is 0 Å². The van der Waals surface area contributed by atoms with Gasteiger partial charge >= 0.3 is 0 Å². The van der Waals surface area contributed by atoms with Crippen LogP contribution in [-0.4, -0.2) is 14.7 Å². The van der Waals surface area contributed by atoms with E-state index in [0.29, 0.717) is 11.3 Å². The number of hydrogen-bond donors (Lipinski definition) is 0. The first-order valence-corrected chi connectivity index (χ1v) is 9.45. The van der Waals surface area contributed by atoms with Gasteiger partial charge in [-0.25, -0.2) is 12.8 Å². The molecule has 4 heteroatoms. The topological polar surface area (TPSA) is 34.1 Å². The average molecular weight is 340 g/mol. The molecule has 0 aliphatic carbocycles. The molecule has 0 spiro atoms. The van der Waals surface area contributed by atoms with E-state index >= 15 is 0 Å². The molecule has 0 aliphatic heterocycles. The summed E-state index contributed by atoms with van der Waals surface area (Å²) in [5.74, 6) is -0.248. The standard InChI is InChI=1S/C20H17FO2S/c1-24(22,23)19-11-9-16(10-12-19)20-8-3-2-6-17(20)13-15-5-4-7-18(21)14-15/h2-12,14H,13H2,1H3. The predicted octanol–water partition coefficient (Wildman–Crippen LogP) is 4.49. The molecule has 0 fully saturated rings. The fourth-order valence-corrected chi connectivity index (χ4v) is 3.34. The summed E-state index contributed by atoms with van der Waals surface area (Å²) in [6.07, 6.45) is 1.81. The number of sulfone groups is 1. The van der Waals surface area contributed by atoms with Gasteiger partial charge in [0, 0.05) is 6.26 Å². The molecule has 2 nitrogen and oxygen atoms in total. The largest absolute Gasteiger partial charge is 0.224 e. The van der Waals surface area contributed by atoms with Crippen LogP contribution in [0, 0.1) is 5.82 Å². The fraction of sp³-hybridized carbons (Fsp3) is 0.100. The first-order chi connectivity index (χ1) is 11.4. The highest BCUT2D eigenvalue weighted by Gasteiger charge is 2.09. The Kier molecular flexibility index (Phi) is 4.49. The van der Waals surface area contributed by atoms with Gasteiger partial charge in [0.2, 0.25) is 0 Å². The number of rotatable bonds is 4. The smallest absolute Gasteiger partial charge is 0.175 e. The molecule has 3 rings (SSSR count). The lowest BCUT2D eigenvalue weighted by Gasteiger charge is -2.11. The molecular weight excluding hydrogens is 323 g/mol. The summed E-state index contributed by atoms with van der Waals surface area (Å²) in [6, 6.07) is 21.3. The zero-order valence-electron chi connectivity index (χ0n) is 13.2. The van der Waals surface area contributed by atoms with E-state index in [1.165, 1.54) is 18.4 Å². The zero-order valence-corrected chi connectivity index (χ0v) is 14.1. The van der Waals surface area contributed by atoms with Crippen molar-refractivity contribution in [3.63, 3.8) is 0 Å². The molecule has 0 saturated heterocycles. The molecule has 0 atom stereocenters. The van der Waals surface area contributed by atoms with Crippen molar-refractivity contribution in [3.8, 4) is 11.1 Å². The highest BCUT2D eigenvalue weighted by molar-refractivity contribution is 7.90. The third-order valence-electron chi connectivity index (χ3n) is 3.89. The summed E-state index contributed by atoms with van der Waals surface area (Å²) in [5, 5.41) is 0. The molecule has 0 saturated carbocycles. The van der Waals surface area contributed by atoms with Crippen molar-refractivity contribution in [2.75, 3.05) is 6.26 Å². The summed E-state index contributed by atoms with van der Waals surface area (Å²) in [6.45, 7) is 0. The van der Waals surface area contributed by atoms with E-state index in [9.17, 15) is 12.8 Å². The van der Waals surface area contributed by atoms with Crippen molar-refractivity contribution in [2.24, 2.45) is 0 Å². The van der Waals surface area contributed by atoms with Crippen LogP contribution in [0.1, 0.15) is 11.1 Å². The molecule has 0 N–H and O–H groups in total. The van der Waals surface area contributed by atoms with Gasteiger partial charge in [-0.15, -0.1) is 0 Å². The summed E-state index contributed by atoms with van der Waals surface area (Å²) in [4.78, 5) is 0.300. The van der Waals surface area contributed by atoms with Gasteiger partial charge < -0.3 is 0 Å². The quantitative estimate of drug-likeness (QED) is 0.701.